The molecular weight excluding hydrogens is 164 g/mol. The lowest BCUT2D eigenvalue weighted by Gasteiger charge is -2.04. The lowest BCUT2D eigenvalue weighted by molar-refractivity contribution is -0.159. The van der Waals surface area contributed by atoms with Gasteiger partial charge in [0, 0.05) is 0 Å². The summed E-state index contributed by atoms with van der Waals surface area (Å²) in [6.45, 7) is 3.15. The minimum atomic E-state index is -1.33. The fourth-order valence-electron chi connectivity index (χ4n) is 0.489. The van der Waals surface area contributed by atoms with Crippen LogP contribution in [0.5, 0.6) is 0 Å². The zero-order chi connectivity index (χ0) is 9.72. The molecule has 5 nitrogen and oxygen atoms in total. The van der Waals surface area contributed by atoms with Crippen molar-refractivity contribution in [1.82, 2.24) is 0 Å². The van der Waals surface area contributed by atoms with Crippen molar-refractivity contribution >= 4 is 17.7 Å². The van der Waals surface area contributed by atoms with Gasteiger partial charge in [-0.05, 0) is 13.8 Å². The van der Waals surface area contributed by atoms with Gasteiger partial charge in [-0.2, -0.15) is 0 Å². The number of carbonyl (C=O) groups is 3. The molecule has 0 rings (SSSR count). The van der Waals surface area contributed by atoms with Gasteiger partial charge < -0.3 is 9.84 Å². The molecule has 1 N–H and O–H groups in total. The summed E-state index contributed by atoms with van der Waals surface area (Å²) in [6.07, 6.45) is -1.22. The Labute approximate surface area is 69.3 Å². The molecule has 5 heteroatoms. The van der Waals surface area contributed by atoms with E-state index in [-0.39, 0.29) is 0 Å². The maximum atomic E-state index is 10.7. The Bertz CT molecular complexity index is 206. The van der Waals surface area contributed by atoms with Gasteiger partial charge in [0.05, 0.1) is 6.10 Å². The van der Waals surface area contributed by atoms with Crippen molar-refractivity contribution < 1.29 is 24.2 Å². The van der Waals surface area contributed by atoms with Crippen LogP contribution < -0.4 is 0 Å². The van der Waals surface area contributed by atoms with Crippen molar-refractivity contribution in [2.45, 2.75) is 26.4 Å². The lowest BCUT2D eigenvalue weighted by atomic mass is 10.3. The van der Waals surface area contributed by atoms with Gasteiger partial charge in [-0.3, -0.25) is 9.59 Å². The number of ketones is 1. The van der Waals surface area contributed by atoms with Crippen LogP contribution in [0.1, 0.15) is 20.3 Å². The molecule has 0 saturated carbocycles. The van der Waals surface area contributed by atoms with Crippen LogP contribution in [0.3, 0.4) is 0 Å². The van der Waals surface area contributed by atoms with Crippen LogP contribution in [0, 0.1) is 0 Å². The fraction of sp³-hybridized carbons (Fsp3) is 0.571. The largest absolute Gasteiger partial charge is 0.481 e. The first kappa shape index (κ1) is 10.6. The third-order valence-electron chi connectivity index (χ3n) is 0.882. The first-order valence-corrected chi connectivity index (χ1v) is 3.39. The van der Waals surface area contributed by atoms with E-state index in [0.29, 0.717) is 0 Å². The molecule has 0 unspecified atom stereocenters. The van der Waals surface area contributed by atoms with Gasteiger partial charge in [0.25, 0.3) is 5.78 Å². The fourth-order valence-corrected chi connectivity index (χ4v) is 0.489. The van der Waals surface area contributed by atoms with Gasteiger partial charge in [-0.15, -0.1) is 0 Å². The van der Waals surface area contributed by atoms with E-state index in [4.69, 9.17) is 5.11 Å². The predicted molar refractivity (Wildman–Crippen MR) is 38.5 cm³/mol. The van der Waals surface area contributed by atoms with E-state index in [1.54, 1.807) is 13.8 Å². The molecule has 0 amide bonds. The van der Waals surface area contributed by atoms with Gasteiger partial charge in [-0.1, -0.05) is 0 Å². The molecule has 0 aliphatic carbocycles. The summed E-state index contributed by atoms with van der Waals surface area (Å²) in [5.74, 6) is -3.45. The zero-order valence-corrected chi connectivity index (χ0v) is 6.86. The molecule has 12 heavy (non-hydrogen) atoms. The molecule has 0 spiro atoms. The molecule has 0 bridgehead atoms. The highest BCUT2D eigenvalue weighted by Gasteiger charge is 2.19. The third kappa shape index (κ3) is 4.43. The number of aliphatic carboxylic acids is 1. The van der Waals surface area contributed by atoms with E-state index in [1.165, 1.54) is 0 Å². The first-order chi connectivity index (χ1) is 5.43. The standard InChI is InChI=1S/C7H10O5/c1-4(2)12-7(11)5(8)3-6(9)10/h4H,3H2,1-2H3,(H,9,10). The molecule has 0 heterocycles. The van der Waals surface area contributed by atoms with Crippen molar-refractivity contribution in [2.75, 3.05) is 0 Å². The van der Waals surface area contributed by atoms with Crippen LogP contribution >= 0.6 is 0 Å². The van der Waals surface area contributed by atoms with Gasteiger partial charge in [0.15, 0.2) is 0 Å². The maximum Gasteiger partial charge on any atom is 0.375 e. The molecule has 0 atom stereocenters. The molecule has 0 radical (unpaired) electrons. The summed E-state index contributed by atoms with van der Waals surface area (Å²) < 4.78 is 4.46. The second-order valence-corrected chi connectivity index (χ2v) is 2.45. The molecule has 0 fully saturated rings. The normalized spacial score (nSPS) is 9.58. The lowest BCUT2D eigenvalue weighted by Crippen LogP contribution is -2.23. The number of rotatable bonds is 4. The predicted octanol–water partition coefficient (Wildman–Crippen LogP) is -0.0182. The Kier molecular flexibility index (Phi) is 3.96. The number of hydrogen-bond acceptors (Lipinski definition) is 4. The van der Waals surface area contributed by atoms with Crippen LogP contribution in [0.4, 0.5) is 0 Å². The van der Waals surface area contributed by atoms with Crippen LogP contribution in [0.2, 0.25) is 0 Å². The quantitative estimate of drug-likeness (QED) is 0.368. The molecule has 0 aliphatic heterocycles. The highest BCUT2D eigenvalue weighted by molar-refractivity contribution is 6.36. The van der Waals surface area contributed by atoms with Crippen LogP contribution in [-0.4, -0.2) is 28.9 Å². The summed E-state index contributed by atoms with van der Waals surface area (Å²) in [4.78, 5) is 31.3. The third-order valence-corrected chi connectivity index (χ3v) is 0.882. The topological polar surface area (TPSA) is 80.7 Å². The zero-order valence-electron chi connectivity index (χ0n) is 6.86. The van der Waals surface area contributed by atoms with E-state index in [1.807, 2.05) is 0 Å². The average molecular weight is 174 g/mol. The van der Waals surface area contributed by atoms with E-state index in [9.17, 15) is 14.4 Å². The number of carboxylic acid groups (broad SMARTS) is 1. The van der Waals surface area contributed by atoms with E-state index in [2.05, 4.69) is 4.74 Å². The highest BCUT2D eigenvalue weighted by atomic mass is 16.5. The molecular formula is C7H10O5. The van der Waals surface area contributed by atoms with Crippen molar-refractivity contribution in [3.63, 3.8) is 0 Å². The summed E-state index contributed by atoms with van der Waals surface area (Å²) in [6, 6.07) is 0. The smallest absolute Gasteiger partial charge is 0.375 e. The highest BCUT2D eigenvalue weighted by Crippen LogP contribution is 1.93. The summed E-state index contributed by atoms with van der Waals surface area (Å²) in [7, 11) is 0. The Morgan fingerprint density at radius 3 is 2.17 bits per heavy atom. The van der Waals surface area contributed by atoms with E-state index < -0.39 is 30.2 Å². The van der Waals surface area contributed by atoms with Crippen molar-refractivity contribution in [3.05, 3.63) is 0 Å². The number of ether oxygens (including phenoxy) is 1. The average Bonchev–Trinajstić information content (AvgIpc) is 1.84. The van der Waals surface area contributed by atoms with Gasteiger partial charge >= 0.3 is 11.9 Å². The summed E-state index contributed by atoms with van der Waals surface area (Å²) in [5.41, 5.74) is 0. The molecule has 0 aromatic rings. The molecule has 68 valence electrons. The summed E-state index contributed by atoms with van der Waals surface area (Å²) in [5, 5.41) is 8.14. The van der Waals surface area contributed by atoms with Gasteiger partial charge in [-0.25, -0.2) is 4.79 Å². The minimum absolute atomic E-state index is 0.407. The Morgan fingerprint density at radius 1 is 1.33 bits per heavy atom. The number of carboxylic acids is 1. The van der Waals surface area contributed by atoms with Crippen molar-refractivity contribution in [1.29, 1.82) is 0 Å². The molecule has 0 aliphatic rings. The molecule has 0 saturated heterocycles. The Hall–Kier alpha value is -1.39. The van der Waals surface area contributed by atoms with Crippen LogP contribution in [0.25, 0.3) is 0 Å². The van der Waals surface area contributed by atoms with Gasteiger partial charge in [0.2, 0.25) is 0 Å². The van der Waals surface area contributed by atoms with Crippen LogP contribution in [0.15, 0.2) is 0 Å². The second-order valence-electron chi connectivity index (χ2n) is 2.45. The van der Waals surface area contributed by atoms with Crippen molar-refractivity contribution in [3.8, 4) is 0 Å². The Morgan fingerprint density at radius 2 is 1.83 bits per heavy atom. The second kappa shape index (κ2) is 4.48. The van der Waals surface area contributed by atoms with E-state index in [0.717, 1.165) is 0 Å². The van der Waals surface area contributed by atoms with E-state index >= 15 is 0 Å². The summed E-state index contributed by atoms with van der Waals surface area (Å²) >= 11 is 0. The number of hydrogen-bond donors (Lipinski definition) is 1. The first-order valence-electron chi connectivity index (χ1n) is 3.39. The molecule has 0 aromatic carbocycles. The number of esters is 1. The minimum Gasteiger partial charge on any atom is -0.481 e. The number of carbonyl (C=O) groups excluding carboxylic acids is 2. The SMILES string of the molecule is CC(C)OC(=O)C(=O)CC(=O)O. The monoisotopic (exact) mass is 174 g/mol. The van der Waals surface area contributed by atoms with Crippen LogP contribution in [-0.2, 0) is 19.1 Å². The Balaban J connectivity index is 3.94. The maximum absolute atomic E-state index is 10.7. The number of Topliss-reactive ketones (excluding diaryl/α,β-unsaturated/α-hetero) is 1. The van der Waals surface area contributed by atoms with Crippen molar-refractivity contribution in [2.24, 2.45) is 0 Å². The van der Waals surface area contributed by atoms with Gasteiger partial charge in [0.1, 0.15) is 6.42 Å². The molecule has 0 aromatic heterocycles.